The highest BCUT2D eigenvalue weighted by Crippen LogP contribution is 2.23. The van der Waals surface area contributed by atoms with Gasteiger partial charge in [-0.1, -0.05) is 0 Å². The first kappa shape index (κ1) is 14.5. The van der Waals surface area contributed by atoms with Crippen molar-refractivity contribution in [2.45, 2.75) is 6.42 Å². The Bertz CT molecular complexity index is 411. The molecule has 19 heavy (non-hydrogen) atoms. The third-order valence-electron chi connectivity index (χ3n) is 3.18. The van der Waals surface area contributed by atoms with Gasteiger partial charge in [0.25, 0.3) is 0 Å². The Morgan fingerprint density at radius 3 is 2.74 bits per heavy atom. The molecule has 2 rings (SSSR count). The van der Waals surface area contributed by atoms with E-state index in [9.17, 15) is 0 Å². The lowest BCUT2D eigenvalue weighted by molar-refractivity contribution is 0.215. The second kappa shape index (κ2) is 7.02. The predicted molar refractivity (Wildman–Crippen MR) is 76.6 cm³/mol. The largest absolute Gasteiger partial charge is 0.480 e. The van der Waals surface area contributed by atoms with Gasteiger partial charge < -0.3 is 14.7 Å². The number of ether oxygens (including phenoxy) is 1. The van der Waals surface area contributed by atoms with E-state index < -0.39 is 0 Å². The molecule has 1 aromatic rings. The fourth-order valence-corrected chi connectivity index (χ4v) is 2.46. The molecule has 0 aliphatic carbocycles. The number of piperazine rings is 1. The van der Waals surface area contributed by atoms with E-state index >= 15 is 0 Å². The molecular weight excluding hydrogens is 312 g/mol. The molecule has 2 heterocycles. The molecule has 0 unspecified atom stereocenters. The number of hydrogen-bond donors (Lipinski definition) is 1. The Morgan fingerprint density at radius 1 is 1.37 bits per heavy atom. The van der Waals surface area contributed by atoms with Crippen molar-refractivity contribution < 1.29 is 9.84 Å². The molecule has 1 aliphatic rings. The van der Waals surface area contributed by atoms with E-state index in [0.717, 1.165) is 43.6 Å². The Labute approximate surface area is 121 Å². The summed E-state index contributed by atoms with van der Waals surface area (Å²) in [6.45, 7) is 4.96. The van der Waals surface area contributed by atoms with E-state index in [1.54, 1.807) is 13.3 Å². The van der Waals surface area contributed by atoms with Crippen molar-refractivity contribution in [3.63, 3.8) is 0 Å². The van der Waals surface area contributed by atoms with Crippen molar-refractivity contribution >= 4 is 21.9 Å². The highest BCUT2D eigenvalue weighted by molar-refractivity contribution is 9.10. The summed E-state index contributed by atoms with van der Waals surface area (Å²) in [5.41, 5.74) is 0. The van der Waals surface area contributed by atoms with Gasteiger partial charge in [-0.25, -0.2) is 4.98 Å². The summed E-state index contributed by atoms with van der Waals surface area (Å²) in [6.07, 6.45) is 2.56. The van der Waals surface area contributed by atoms with Gasteiger partial charge in [0.05, 0.1) is 17.8 Å². The molecule has 6 nitrogen and oxygen atoms in total. The van der Waals surface area contributed by atoms with Crippen LogP contribution in [0.2, 0.25) is 0 Å². The Hall–Kier alpha value is -0.920. The first-order valence-electron chi connectivity index (χ1n) is 6.39. The van der Waals surface area contributed by atoms with Crippen molar-refractivity contribution in [1.29, 1.82) is 0 Å². The van der Waals surface area contributed by atoms with Crippen LogP contribution in [0.3, 0.4) is 0 Å². The number of nitrogens with zero attached hydrogens (tertiary/aromatic N) is 4. The topological polar surface area (TPSA) is 61.7 Å². The maximum Gasteiger partial charge on any atom is 0.232 e. The zero-order valence-electron chi connectivity index (χ0n) is 11.0. The summed E-state index contributed by atoms with van der Waals surface area (Å²) in [5.74, 6) is 1.27. The number of rotatable bonds is 5. The van der Waals surface area contributed by atoms with Crippen molar-refractivity contribution in [1.82, 2.24) is 14.9 Å². The molecule has 1 N–H and O–H groups in total. The zero-order valence-corrected chi connectivity index (χ0v) is 12.6. The number of aromatic nitrogens is 2. The molecule has 1 aliphatic heterocycles. The third-order valence-corrected chi connectivity index (χ3v) is 3.72. The first-order valence-corrected chi connectivity index (χ1v) is 7.18. The van der Waals surface area contributed by atoms with Crippen LogP contribution in [0.25, 0.3) is 0 Å². The lowest BCUT2D eigenvalue weighted by Gasteiger charge is -2.34. The Balaban J connectivity index is 1.94. The molecule has 1 aromatic heterocycles. The molecule has 0 aromatic carbocycles. The molecule has 0 saturated carbocycles. The molecule has 1 saturated heterocycles. The average molecular weight is 331 g/mol. The van der Waals surface area contributed by atoms with E-state index in [-0.39, 0.29) is 6.61 Å². The maximum atomic E-state index is 8.84. The number of aliphatic hydroxyl groups excluding tert-OH is 1. The average Bonchev–Trinajstić information content (AvgIpc) is 2.46. The van der Waals surface area contributed by atoms with Gasteiger partial charge in [-0.2, -0.15) is 4.98 Å². The van der Waals surface area contributed by atoms with Crippen LogP contribution in [0.15, 0.2) is 10.7 Å². The molecule has 1 fully saturated rings. The highest BCUT2D eigenvalue weighted by Gasteiger charge is 2.19. The minimum atomic E-state index is 0.257. The van der Waals surface area contributed by atoms with Crippen molar-refractivity contribution in [2.24, 2.45) is 0 Å². The fraction of sp³-hybridized carbons (Fsp3) is 0.667. The summed E-state index contributed by atoms with van der Waals surface area (Å²) >= 11 is 3.35. The van der Waals surface area contributed by atoms with Crippen LogP contribution in [0.4, 0.5) is 5.95 Å². The number of halogens is 1. The molecule has 0 amide bonds. The van der Waals surface area contributed by atoms with Crippen LogP contribution in [0, 0.1) is 0 Å². The standard InChI is InChI=1S/C12H19BrN4O2/c1-19-11-10(13)9-14-12(15-11)17-6-4-16(5-7-17)3-2-8-18/h9,18H,2-8H2,1H3. The molecular formula is C12H19BrN4O2. The lowest BCUT2D eigenvalue weighted by Crippen LogP contribution is -2.47. The van der Waals surface area contributed by atoms with Crippen LogP contribution in [-0.4, -0.2) is 66.4 Å². The maximum absolute atomic E-state index is 8.84. The SMILES string of the molecule is COc1nc(N2CCN(CCCO)CC2)ncc1Br. The lowest BCUT2D eigenvalue weighted by atomic mass is 10.3. The van der Waals surface area contributed by atoms with Gasteiger partial charge in [0.2, 0.25) is 11.8 Å². The van der Waals surface area contributed by atoms with Gasteiger partial charge >= 0.3 is 0 Å². The Kier molecular flexibility index (Phi) is 5.35. The molecule has 0 spiro atoms. The van der Waals surface area contributed by atoms with Gasteiger partial charge in [0, 0.05) is 39.3 Å². The van der Waals surface area contributed by atoms with E-state index in [4.69, 9.17) is 9.84 Å². The van der Waals surface area contributed by atoms with Gasteiger partial charge in [0.15, 0.2) is 0 Å². The molecule has 7 heteroatoms. The quantitative estimate of drug-likeness (QED) is 0.859. The fourth-order valence-electron chi connectivity index (χ4n) is 2.10. The monoisotopic (exact) mass is 330 g/mol. The first-order chi connectivity index (χ1) is 9.24. The minimum Gasteiger partial charge on any atom is -0.480 e. The van der Waals surface area contributed by atoms with Crippen LogP contribution in [0.1, 0.15) is 6.42 Å². The Morgan fingerprint density at radius 2 is 2.11 bits per heavy atom. The number of aliphatic hydroxyl groups is 1. The molecule has 106 valence electrons. The van der Waals surface area contributed by atoms with E-state index in [1.165, 1.54) is 0 Å². The van der Waals surface area contributed by atoms with Crippen LogP contribution in [-0.2, 0) is 0 Å². The summed E-state index contributed by atoms with van der Waals surface area (Å²) < 4.78 is 5.95. The molecule has 0 radical (unpaired) electrons. The van der Waals surface area contributed by atoms with Crippen molar-refractivity contribution in [2.75, 3.05) is 51.3 Å². The van der Waals surface area contributed by atoms with Gasteiger partial charge in [0.1, 0.15) is 0 Å². The van der Waals surface area contributed by atoms with Crippen LogP contribution >= 0.6 is 15.9 Å². The summed E-state index contributed by atoms with van der Waals surface area (Å²) in [7, 11) is 1.60. The number of anilines is 1. The highest BCUT2D eigenvalue weighted by atomic mass is 79.9. The molecule has 0 bridgehead atoms. The van der Waals surface area contributed by atoms with Crippen molar-refractivity contribution in [3.8, 4) is 5.88 Å². The van der Waals surface area contributed by atoms with Gasteiger partial charge in [-0.05, 0) is 22.4 Å². The van der Waals surface area contributed by atoms with Gasteiger partial charge in [-0.15, -0.1) is 0 Å². The zero-order chi connectivity index (χ0) is 13.7. The van der Waals surface area contributed by atoms with Crippen LogP contribution in [0.5, 0.6) is 5.88 Å². The molecule has 0 atom stereocenters. The van der Waals surface area contributed by atoms with E-state index in [1.807, 2.05) is 0 Å². The second-order valence-electron chi connectivity index (χ2n) is 4.43. The second-order valence-corrected chi connectivity index (χ2v) is 5.29. The number of methoxy groups -OCH3 is 1. The van der Waals surface area contributed by atoms with E-state index in [2.05, 4.69) is 35.7 Å². The minimum absolute atomic E-state index is 0.257. The summed E-state index contributed by atoms with van der Waals surface area (Å²) in [5, 5.41) is 8.84. The van der Waals surface area contributed by atoms with Crippen LogP contribution < -0.4 is 9.64 Å². The van der Waals surface area contributed by atoms with Crippen molar-refractivity contribution in [3.05, 3.63) is 10.7 Å². The summed E-state index contributed by atoms with van der Waals surface area (Å²) in [4.78, 5) is 13.2. The predicted octanol–water partition coefficient (Wildman–Crippen LogP) is 0.752. The smallest absolute Gasteiger partial charge is 0.232 e. The van der Waals surface area contributed by atoms with E-state index in [0.29, 0.717) is 11.8 Å². The van der Waals surface area contributed by atoms with Gasteiger partial charge in [-0.3, -0.25) is 4.90 Å². The third kappa shape index (κ3) is 3.77. The summed E-state index contributed by atoms with van der Waals surface area (Å²) in [6, 6.07) is 0. The normalized spacial score (nSPS) is 16.7. The number of hydrogen-bond acceptors (Lipinski definition) is 6.